The largest absolute Gasteiger partial charge is 0.474 e. The molecule has 0 saturated carbocycles. The minimum atomic E-state index is -4.51. The Morgan fingerprint density at radius 3 is 2.23 bits per heavy atom. The standard InChI is InChI=1S/C28H45FN5O10PS2/c1-7-26(3,4)23(37)46-15-13-41-45(40,42-14-16-47-24(38)27(5,6)8-2)43-18-28(17-31-33-30)19(10-12-35)21(29)22(44-28)34-11-9-20(36)32-25(34)39/h9,11,19,21-22,35H,7-8,10,12-18H2,1-6H3,(H,32,36,39)/t19-,21+,22+,28+/m0/s1/i35T. The predicted octanol–water partition coefficient (Wildman–Crippen LogP) is 5.00. The van der Waals surface area contributed by atoms with Gasteiger partial charge in [-0.05, 0) is 24.8 Å². The molecule has 2 heterocycles. The van der Waals surface area contributed by atoms with E-state index in [0.29, 0.717) is 12.8 Å². The summed E-state index contributed by atoms with van der Waals surface area (Å²) in [7, 11) is -4.51. The van der Waals surface area contributed by atoms with Gasteiger partial charge in [-0.3, -0.25) is 37.5 Å². The summed E-state index contributed by atoms with van der Waals surface area (Å²) in [5, 5.41) is 7.78. The van der Waals surface area contributed by atoms with Crippen molar-refractivity contribution in [1.82, 2.24) is 9.55 Å². The zero-order chi connectivity index (χ0) is 36.2. The molecule has 0 spiro atoms. The number of aromatic amines is 1. The van der Waals surface area contributed by atoms with E-state index in [1.807, 2.05) is 18.8 Å². The SMILES string of the molecule is [3H]OCC[C@H]1[C@@H](F)[C@H](n2ccc(=O)[nH]c2=O)O[C@]1(CN=[N+]=[N-])COP(=O)(OCCSC(=O)C(C)(C)CC)OCCSC(=O)C(C)(C)CC. The number of azide groups is 1. The van der Waals surface area contributed by atoms with Crippen molar-refractivity contribution in [3.63, 3.8) is 0 Å². The fourth-order valence-electron chi connectivity index (χ4n) is 4.31. The van der Waals surface area contributed by atoms with Crippen LogP contribution in [0.2, 0.25) is 0 Å². The van der Waals surface area contributed by atoms with Crippen LogP contribution in [0.1, 0.15) is 67.0 Å². The van der Waals surface area contributed by atoms with Crippen molar-refractivity contribution in [3.05, 3.63) is 43.5 Å². The summed E-state index contributed by atoms with van der Waals surface area (Å²) in [6.45, 7) is 8.91. The number of aliphatic hydroxyl groups excluding tert-OH is 1. The number of hydrogen-bond donors (Lipinski definition) is 2. The normalized spacial score (nSPS) is 22.1. The molecular formula is C28H45FN5O10PS2. The zero-order valence-corrected chi connectivity index (χ0v) is 30.0. The molecule has 0 aliphatic carbocycles. The number of phosphoric ester groups is 1. The summed E-state index contributed by atoms with van der Waals surface area (Å²) in [5.74, 6) is -1.03. The summed E-state index contributed by atoms with van der Waals surface area (Å²) in [5.41, 5.74) is 4.39. The van der Waals surface area contributed by atoms with Crippen molar-refractivity contribution in [1.29, 1.82) is 1.43 Å². The molecule has 1 aliphatic heterocycles. The van der Waals surface area contributed by atoms with E-state index in [9.17, 15) is 23.7 Å². The fraction of sp³-hybridized carbons (Fsp3) is 0.786. The number of thioether (sulfide) groups is 2. The number of phosphoric acid groups is 1. The predicted molar refractivity (Wildman–Crippen MR) is 177 cm³/mol. The molecule has 4 atom stereocenters. The van der Waals surface area contributed by atoms with Gasteiger partial charge in [-0.25, -0.2) is 13.8 Å². The Labute approximate surface area is 282 Å². The van der Waals surface area contributed by atoms with Gasteiger partial charge in [-0.2, -0.15) is 0 Å². The molecule has 1 saturated heterocycles. The van der Waals surface area contributed by atoms with Crippen molar-refractivity contribution in [2.75, 3.05) is 44.5 Å². The van der Waals surface area contributed by atoms with Crippen LogP contribution in [0.3, 0.4) is 0 Å². The first-order valence-electron chi connectivity index (χ1n) is 15.5. The molecule has 2 rings (SSSR count). The highest BCUT2D eigenvalue weighted by Gasteiger charge is 2.57. The maximum atomic E-state index is 16.1. The molecule has 0 unspecified atom stereocenters. The van der Waals surface area contributed by atoms with E-state index in [1.54, 1.807) is 27.7 Å². The van der Waals surface area contributed by atoms with Crippen LogP contribution in [0.4, 0.5) is 4.39 Å². The Bertz CT molecular complexity index is 1420. The molecule has 266 valence electrons. The maximum absolute atomic E-state index is 16.1. The lowest BCUT2D eigenvalue weighted by atomic mass is 9.84. The minimum absolute atomic E-state index is 0.0941. The number of ether oxygens (including phenoxy) is 1. The second kappa shape index (κ2) is 18.1. The number of H-pyrrole nitrogens is 1. The van der Waals surface area contributed by atoms with Crippen molar-refractivity contribution in [3.8, 4) is 0 Å². The smallest absolute Gasteiger partial charge is 0.396 e. The van der Waals surface area contributed by atoms with E-state index in [2.05, 4.69) is 15.1 Å². The van der Waals surface area contributed by atoms with Crippen molar-refractivity contribution < 1.29 is 42.0 Å². The average Bonchev–Trinajstić information content (AvgIpc) is 3.32. The first kappa shape index (κ1) is 39.4. The second-order valence-electron chi connectivity index (χ2n) is 12.2. The summed E-state index contributed by atoms with van der Waals surface area (Å²) >= 11 is 1.97. The first-order chi connectivity index (χ1) is 22.5. The summed E-state index contributed by atoms with van der Waals surface area (Å²) < 4.78 is 60.8. The lowest BCUT2D eigenvalue weighted by Crippen LogP contribution is -2.45. The van der Waals surface area contributed by atoms with Gasteiger partial charge in [0.1, 0.15) is 5.60 Å². The van der Waals surface area contributed by atoms with Crippen LogP contribution in [0.5, 0.6) is 0 Å². The van der Waals surface area contributed by atoms with E-state index < -0.39 is 67.0 Å². The van der Waals surface area contributed by atoms with Crippen LogP contribution in [0.25, 0.3) is 10.4 Å². The van der Waals surface area contributed by atoms with Gasteiger partial charge in [0, 0.05) is 52.0 Å². The summed E-state index contributed by atoms with van der Waals surface area (Å²) in [6.07, 6.45) is -1.54. The number of halogens is 1. The molecule has 0 amide bonds. The molecule has 1 aliphatic rings. The number of alkyl halides is 1. The molecular weight excluding hydrogens is 680 g/mol. The molecule has 47 heavy (non-hydrogen) atoms. The summed E-state index contributed by atoms with van der Waals surface area (Å²) in [4.78, 5) is 54.1. The lowest BCUT2D eigenvalue weighted by Gasteiger charge is -2.33. The molecule has 0 radical (unpaired) electrons. The van der Waals surface area contributed by atoms with Crippen LogP contribution in [0, 0.1) is 16.7 Å². The van der Waals surface area contributed by atoms with Crippen LogP contribution in [-0.2, 0) is 32.5 Å². The van der Waals surface area contributed by atoms with Gasteiger partial charge in [0.15, 0.2) is 22.6 Å². The number of carbonyl (C=O) groups is 2. The number of hydrogen-bond acceptors (Lipinski definition) is 13. The molecule has 15 nitrogen and oxygen atoms in total. The Kier molecular flexibility index (Phi) is 15.2. The zero-order valence-electron chi connectivity index (χ0n) is 28.5. The lowest BCUT2D eigenvalue weighted by molar-refractivity contribution is -0.118. The van der Waals surface area contributed by atoms with Gasteiger partial charge in [-0.15, -0.1) is 0 Å². The molecule has 19 heteroatoms. The van der Waals surface area contributed by atoms with Gasteiger partial charge in [0.05, 0.1) is 26.4 Å². The monoisotopic (exact) mass is 727 g/mol. The van der Waals surface area contributed by atoms with Gasteiger partial charge in [-0.1, -0.05) is 70.2 Å². The van der Waals surface area contributed by atoms with Crippen molar-refractivity contribution in [2.24, 2.45) is 21.9 Å². The molecule has 1 fully saturated rings. The number of aromatic nitrogens is 2. The number of rotatable bonds is 21. The Hall–Kier alpha value is -2.01. The highest BCUT2D eigenvalue weighted by molar-refractivity contribution is 8.14. The number of aliphatic hydroxyl groups is 1. The third-order valence-corrected chi connectivity index (χ3v) is 11.9. The summed E-state index contributed by atoms with van der Waals surface area (Å²) in [6, 6.07) is 0.994. The molecule has 2 N–H and O–H groups in total. The quantitative estimate of drug-likeness (QED) is 0.0563. The van der Waals surface area contributed by atoms with E-state index >= 15 is 4.39 Å². The van der Waals surface area contributed by atoms with Gasteiger partial charge in [0.2, 0.25) is 1.43 Å². The van der Waals surface area contributed by atoms with Crippen LogP contribution < -0.4 is 11.2 Å². The Balaban J connectivity index is 2.36. The third kappa shape index (κ3) is 11.3. The van der Waals surface area contributed by atoms with Crippen LogP contribution >= 0.6 is 31.3 Å². The topological polar surface area (TPSA) is 212 Å². The van der Waals surface area contributed by atoms with E-state index in [1.165, 1.54) is 0 Å². The number of nitrogens with one attached hydrogen (secondary N) is 1. The van der Waals surface area contributed by atoms with E-state index in [4.69, 9.17) is 25.3 Å². The third-order valence-electron chi connectivity index (χ3n) is 8.12. The Morgan fingerprint density at radius 1 is 1.17 bits per heavy atom. The van der Waals surface area contributed by atoms with Crippen LogP contribution in [0.15, 0.2) is 27.0 Å². The maximum Gasteiger partial charge on any atom is 0.474 e. The van der Waals surface area contributed by atoms with E-state index in [0.717, 1.165) is 40.4 Å². The number of nitrogens with zero attached hydrogens (tertiary/aromatic N) is 4. The first-order valence-corrected chi connectivity index (χ1v) is 18.5. The second-order valence-corrected chi connectivity index (χ2v) is 16.0. The highest BCUT2D eigenvalue weighted by atomic mass is 32.2. The molecule has 1 aromatic heterocycles. The van der Waals surface area contributed by atoms with Crippen LogP contribution in [-0.4, -0.2) is 82.6 Å². The van der Waals surface area contributed by atoms with Gasteiger partial charge in [0.25, 0.3) is 5.56 Å². The Morgan fingerprint density at radius 2 is 1.74 bits per heavy atom. The van der Waals surface area contributed by atoms with Crippen molar-refractivity contribution >= 4 is 41.6 Å². The van der Waals surface area contributed by atoms with E-state index in [-0.39, 0.29) is 48.0 Å². The van der Waals surface area contributed by atoms with Gasteiger partial charge >= 0.3 is 13.5 Å². The van der Waals surface area contributed by atoms with Gasteiger partial charge < -0.3 is 9.85 Å². The molecule has 0 bridgehead atoms. The molecule has 1 aromatic rings. The molecule has 0 aromatic carbocycles. The number of carbonyl (C=O) groups excluding carboxylic acids is 2. The minimum Gasteiger partial charge on any atom is -0.396 e. The highest BCUT2D eigenvalue weighted by Crippen LogP contribution is 2.53. The fourth-order valence-corrected chi connectivity index (χ4v) is 7.56. The van der Waals surface area contributed by atoms with Crippen molar-refractivity contribution in [2.45, 2.75) is 78.8 Å². The average molecular weight is 728 g/mol.